The fraction of sp³-hybridized carbons (Fsp3) is 0.133. The van der Waals surface area contributed by atoms with Crippen LogP contribution in [0.5, 0.6) is 0 Å². The van der Waals surface area contributed by atoms with Crippen molar-refractivity contribution in [2.24, 2.45) is 0 Å². The lowest BCUT2D eigenvalue weighted by molar-refractivity contribution is 0.787. The maximum Gasteiger partial charge on any atom is 0.187 e. The van der Waals surface area contributed by atoms with Gasteiger partial charge in [0.2, 0.25) is 0 Å². The van der Waals surface area contributed by atoms with Crippen molar-refractivity contribution < 1.29 is 0 Å². The van der Waals surface area contributed by atoms with Gasteiger partial charge in [0.15, 0.2) is 5.82 Å². The standard InChI is InChI=1S/C15H14ClN5/c1-9-3-5-11(7-13(9)17)15-18-19-20-21(15)14-8-12(16)6-4-10(14)2/h3-8H,17H2,1-2H3. The van der Waals surface area contributed by atoms with Gasteiger partial charge < -0.3 is 5.73 Å². The Hall–Kier alpha value is -2.40. The summed E-state index contributed by atoms with van der Waals surface area (Å²) in [6, 6.07) is 11.4. The second-order valence-electron chi connectivity index (χ2n) is 4.92. The zero-order valence-electron chi connectivity index (χ0n) is 11.7. The van der Waals surface area contributed by atoms with Crippen LogP contribution >= 0.6 is 11.6 Å². The smallest absolute Gasteiger partial charge is 0.187 e. The van der Waals surface area contributed by atoms with E-state index in [1.165, 1.54) is 0 Å². The first-order chi connectivity index (χ1) is 10.1. The fourth-order valence-corrected chi connectivity index (χ4v) is 2.29. The maximum atomic E-state index is 6.08. The van der Waals surface area contributed by atoms with E-state index in [0.29, 0.717) is 16.5 Å². The van der Waals surface area contributed by atoms with Gasteiger partial charge in [-0.2, -0.15) is 4.68 Å². The molecule has 5 nitrogen and oxygen atoms in total. The molecule has 3 aromatic rings. The predicted octanol–water partition coefficient (Wildman–Crippen LogP) is 3.18. The lowest BCUT2D eigenvalue weighted by Crippen LogP contribution is -2.02. The van der Waals surface area contributed by atoms with E-state index >= 15 is 0 Å². The van der Waals surface area contributed by atoms with E-state index < -0.39 is 0 Å². The Kier molecular flexibility index (Phi) is 3.35. The Morgan fingerprint density at radius 1 is 1.05 bits per heavy atom. The molecule has 1 heterocycles. The molecule has 2 aromatic carbocycles. The van der Waals surface area contributed by atoms with Gasteiger partial charge in [0, 0.05) is 16.3 Å². The van der Waals surface area contributed by atoms with Gasteiger partial charge in [0.1, 0.15) is 0 Å². The molecule has 0 aliphatic heterocycles. The number of aryl methyl sites for hydroxylation is 2. The molecule has 0 radical (unpaired) electrons. The third-order valence-corrected chi connectivity index (χ3v) is 3.64. The van der Waals surface area contributed by atoms with Crippen molar-refractivity contribution in [3.8, 4) is 17.1 Å². The molecule has 3 rings (SSSR count). The van der Waals surface area contributed by atoms with Crippen molar-refractivity contribution in [2.45, 2.75) is 13.8 Å². The molecule has 106 valence electrons. The largest absolute Gasteiger partial charge is 0.398 e. The summed E-state index contributed by atoms with van der Waals surface area (Å²) < 4.78 is 1.67. The van der Waals surface area contributed by atoms with Crippen molar-refractivity contribution in [3.05, 3.63) is 52.5 Å². The summed E-state index contributed by atoms with van der Waals surface area (Å²) in [5.74, 6) is 0.632. The highest BCUT2D eigenvalue weighted by Crippen LogP contribution is 2.26. The summed E-state index contributed by atoms with van der Waals surface area (Å²) >= 11 is 6.08. The highest BCUT2D eigenvalue weighted by atomic mass is 35.5. The number of nitrogens with zero attached hydrogens (tertiary/aromatic N) is 4. The molecule has 1 aromatic heterocycles. The van der Waals surface area contributed by atoms with E-state index in [0.717, 1.165) is 22.4 Å². The second kappa shape index (κ2) is 5.18. The maximum absolute atomic E-state index is 6.08. The van der Waals surface area contributed by atoms with Gasteiger partial charge in [-0.15, -0.1) is 5.10 Å². The first-order valence-corrected chi connectivity index (χ1v) is 6.85. The van der Waals surface area contributed by atoms with E-state index in [1.54, 1.807) is 4.68 Å². The van der Waals surface area contributed by atoms with Crippen molar-refractivity contribution in [1.29, 1.82) is 0 Å². The van der Waals surface area contributed by atoms with E-state index in [9.17, 15) is 0 Å². The Bertz CT molecular complexity index is 810. The molecule has 0 atom stereocenters. The van der Waals surface area contributed by atoms with Crippen LogP contribution in [0.2, 0.25) is 5.02 Å². The Balaban J connectivity index is 2.17. The second-order valence-corrected chi connectivity index (χ2v) is 5.35. The third kappa shape index (κ3) is 2.48. The molecule has 0 bridgehead atoms. The summed E-state index contributed by atoms with van der Waals surface area (Å²) in [7, 11) is 0. The van der Waals surface area contributed by atoms with Gasteiger partial charge in [-0.3, -0.25) is 0 Å². The fourth-order valence-electron chi connectivity index (χ4n) is 2.12. The van der Waals surface area contributed by atoms with Crippen LogP contribution in [0.25, 0.3) is 17.1 Å². The van der Waals surface area contributed by atoms with Crippen LogP contribution in [0.4, 0.5) is 5.69 Å². The lowest BCUT2D eigenvalue weighted by atomic mass is 10.1. The molecule has 0 aliphatic carbocycles. The lowest BCUT2D eigenvalue weighted by Gasteiger charge is -2.09. The minimum absolute atomic E-state index is 0.632. The van der Waals surface area contributed by atoms with E-state index in [-0.39, 0.29) is 0 Å². The number of tetrazole rings is 1. The number of rotatable bonds is 2. The monoisotopic (exact) mass is 299 g/mol. The number of halogens is 1. The molecule has 0 amide bonds. The van der Waals surface area contributed by atoms with Gasteiger partial charge in [0.05, 0.1) is 5.69 Å². The van der Waals surface area contributed by atoms with Crippen molar-refractivity contribution in [1.82, 2.24) is 20.2 Å². The molecule has 21 heavy (non-hydrogen) atoms. The van der Waals surface area contributed by atoms with Crippen LogP contribution in [0, 0.1) is 13.8 Å². The summed E-state index contributed by atoms with van der Waals surface area (Å²) in [6.45, 7) is 3.95. The molecule has 2 N–H and O–H groups in total. The highest BCUT2D eigenvalue weighted by molar-refractivity contribution is 6.30. The number of hydrogen-bond donors (Lipinski definition) is 1. The van der Waals surface area contributed by atoms with Crippen LogP contribution in [0.15, 0.2) is 36.4 Å². The topological polar surface area (TPSA) is 69.6 Å². The van der Waals surface area contributed by atoms with Crippen molar-refractivity contribution in [2.75, 3.05) is 5.73 Å². The molecule has 0 fully saturated rings. The molecule has 0 aliphatic rings. The van der Waals surface area contributed by atoms with Gasteiger partial charge in [-0.05, 0) is 53.6 Å². The van der Waals surface area contributed by atoms with Gasteiger partial charge in [-0.25, -0.2) is 0 Å². The number of nitrogen functional groups attached to an aromatic ring is 1. The number of anilines is 1. The van der Waals surface area contributed by atoms with Gasteiger partial charge in [-0.1, -0.05) is 29.8 Å². The average molecular weight is 300 g/mol. The quantitative estimate of drug-likeness (QED) is 0.738. The molecular weight excluding hydrogens is 286 g/mol. The van der Waals surface area contributed by atoms with E-state index in [4.69, 9.17) is 17.3 Å². The predicted molar refractivity (Wildman–Crippen MR) is 83.5 cm³/mol. The average Bonchev–Trinajstić information content (AvgIpc) is 2.93. The normalized spacial score (nSPS) is 10.8. The number of benzene rings is 2. The molecule has 0 spiro atoms. The summed E-state index contributed by atoms with van der Waals surface area (Å²) in [4.78, 5) is 0. The molecule has 0 saturated carbocycles. The molecule has 0 unspecified atom stereocenters. The first kappa shape index (κ1) is 13.6. The van der Waals surface area contributed by atoms with E-state index in [2.05, 4.69) is 15.5 Å². The number of hydrogen-bond acceptors (Lipinski definition) is 4. The van der Waals surface area contributed by atoms with Crippen LogP contribution in [0.1, 0.15) is 11.1 Å². The summed E-state index contributed by atoms with van der Waals surface area (Å²) in [6.07, 6.45) is 0. The van der Waals surface area contributed by atoms with E-state index in [1.807, 2.05) is 50.2 Å². The minimum atomic E-state index is 0.632. The first-order valence-electron chi connectivity index (χ1n) is 6.47. The zero-order valence-corrected chi connectivity index (χ0v) is 12.5. The van der Waals surface area contributed by atoms with Gasteiger partial charge >= 0.3 is 0 Å². The number of nitrogens with two attached hydrogens (primary N) is 1. The Morgan fingerprint density at radius 3 is 2.57 bits per heavy atom. The molecular formula is C15H14ClN5. The SMILES string of the molecule is Cc1ccc(-c2nnnn2-c2cc(Cl)ccc2C)cc1N. The summed E-state index contributed by atoms with van der Waals surface area (Å²) in [5, 5.41) is 12.6. The molecule has 0 saturated heterocycles. The van der Waals surface area contributed by atoms with Crippen LogP contribution < -0.4 is 5.73 Å². The third-order valence-electron chi connectivity index (χ3n) is 3.41. The number of aromatic nitrogens is 4. The zero-order chi connectivity index (χ0) is 15.0. The molecule has 6 heteroatoms. The highest BCUT2D eigenvalue weighted by Gasteiger charge is 2.13. The van der Waals surface area contributed by atoms with Gasteiger partial charge in [0.25, 0.3) is 0 Å². The Morgan fingerprint density at radius 2 is 1.81 bits per heavy atom. The van der Waals surface area contributed by atoms with Crippen LogP contribution in [0.3, 0.4) is 0 Å². The minimum Gasteiger partial charge on any atom is -0.398 e. The Labute approximate surface area is 127 Å². The van der Waals surface area contributed by atoms with Crippen LogP contribution in [-0.4, -0.2) is 20.2 Å². The summed E-state index contributed by atoms with van der Waals surface area (Å²) in [5.41, 5.74) is 10.5. The van der Waals surface area contributed by atoms with Crippen LogP contribution in [-0.2, 0) is 0 Å². The van der Waals surface area contributed by atoms with Crippen molar-refractivity contribution >= 4 is 17.3 Å². The van der Waals surface area contributed by atoms with Crippen molar-refractivity contribution in [3.63, 3.8) is 0 Å².